The fourth-order valence-electron chi connectivity index (χ4n) is 2.26. The van der Waals surface area contributed by atoms with Crippen molar-refractivity contribution in [1.29, 1.82) is 0 Å². The number of ether oxygens (including phenoxy) is 2. The number of hydrogen-bond donors (Lipinski definition) is 1. The molecule has 8 heteroatoms. The third-order valence-electron chi connectivity index (χ3n) is 3.63. The number of nitrogens with two attached hydrogens (primary N) is 1. The average Bonchev–Trinajstić information content (AvgIpc) is 3.14. The van der Waals surface area contributed by atoms with Gasteiger partial charge < -0.3 is 15.2 Å². The van der Waals surface area contributed by atoms with Gasteiger partial charge in [-0.2, -0.15) is 0 Å². The van der Waals surface area contributed by atoms with Crippen LogP contribution in [0.5, 0.6) is 11.5 Å². The molecule has 0 fully saturated rings. The molecule has 142 valence electrons. The minimum absolute atomic E-state index is 0.0599. The Hall–Kier alpha value is -3.44. The predicted octanol–water partition coefficient (Wildman–Crippen LogP) is 3.51. The Balaban J connectivity index is 1.68. The maximum Gasteiger partial charge on any atom is 0.254 e. The summed E-state index contributed by atoms with van der Waals surface area (Å²) in [6.07, 6.45) is 0. The first-order valence-electron chi connectivity index (χ1n) is 7.99. The van der Waals surface area contributed by atoms with E-state index in [2.05, 4.69) is 16.8 Å². The molecule has 0 unspecified atom stereocenters. The molecule has 0 saturated carbocycles. The van der Waals surface area contributed by atoms with E-state index >= 15 is 0 Å². The Morgan fingerprint density at radius 2 is 1.93 bits per heavy atom. The largest absolute Gasteiger partial charge is 0.497 e. The number of methoxy groups -OCH3 is 1. The van der Waals surface area contributed by atoms with Crippen molar-refractivity contribution in [3.8, 4) is 23.3 Å². The summed E-state index contributed by atoms with van der Waals surface area (Å²) in [6, 6.07) is 9.29. The molecule has 5 nitrogen and oxygen atoms in total. The zero-order valence-corrected chi connectivity index (χ0v) is 15.5. The molecule has 0 aliphatic heterocycles. The number of thiazole rings is 1. The fraction of sp³-hybridized carbons (Fsp3) is 0.100. The number of benzene rings is 2. The van der Waals surface area contributed by atoms with Crippen LogP contribution in [0.2, 0.25) is 0 Å². The normalized spacial score (nSPS) is 10.1. The standard InChI is InChI=1S/C20H14F2N2O3S/c1-26-14-6-3-12(4-7-14)2-5-13-11-28-17(24-13)10-27-16-9-8-15(21)18(19(16)22)20(23)25/h3-4,6-9,11H,10H2,1H3,(H2,23,25). The molecule has 28 heavy (non-hydrogen) atoms. The van der Waals surface area contributed by atoms with Crippen molar-refractivity contribution in [2.45, 2.75) is 6.61 Å². The lowest BCUT2D eigenvalue weighted by Crippen LogP contribution is -2.16. The highest BCUT2D eigenvalue weighted by Gasteiger charge is 2.19. The minimum Gasteiger partial charge on any atom is -0.497 e. The lowest BCUT2D eigenvalue weighted by Gasteiger charge is -2.08. The zero-order chi connectivity index (χ0) is 20.1. The van der Waals surface area contributed by atoms with Crippen LogP contribution in [0.3, 0.4) is 0 Å². The van der Waals surface area contributed by atoms with Gasteiger partial charge in [0.2, 0.25) is 0 Å². The first kappa shape index (κ1) is 19.3. The van der Waals surface area contributed by atoms with E-state index in [0.717, 1.165) is 23.4 Å². The number of hydrogen-bond acceptors (Lipinski definition) is 5. The topological polar surface area (TPSA) is 74.4 Å². The number of nitrogens with zero attached hydrogens (tertiary/aromatic N) is 1. The molecule has 0 saturated heterocycles. The summed E-state index contributed by atoms with van der Waals surface area (Å²) in [7, 11) is 1.59. The van der Waals surface area contributed by atoms with Crippen LogP contribution in [0, 0.1) is 23.5 Å². The summed E-state index contributed by atoms with van der Waals surface area (Å²) in [5.74, 6) is 2.99. The molecule has 0 spiro atoms. The highest BCUT2D eigenvalue weighted by atomic mass is 32.1. The smallest absolute Gasteiger partial charge is 0.254 e. The van der Waals surface area contributed by atoms with Gasteiger partial charge in [0.25, 0.3) is 5.91 Å². The number of halogens is 2. The van der Waals surface area contributed by atoms with Crippen LogP contribution in [-0.4, -0.2) is 18.0 Å². The van der Waals surface area contributed by atoms with E-state index in [1.54, 1.807) is 12.5 Å². The van der Waals surface area contributed by atoms with Crippen molar-refractivity contribution in [2.75, 3.05) is 7.11 Å². The molecule has 0 bridgehead atoms. The Morgan fingerprint density at radius 3 is 2.61 bits per heavy atom. The number of primary amides is 1. The lowest BCUT2D eigenvalue weighted by molar-refractivity contribution is 0.0991. The zero-order valence-electron chi connectivity index (χ0n) is 14.7. The molecule has 0 atom stereocenters. The Labute approximate surface area is 163 Å². The van der Waals surface area contributed by atoms with Crippen LogP contribution in [-0.2, 0) is 6.61 Å². The van der Waals surface area contributed by atoms with E-state index in [0.29, 0.717) is 10.7 Å². The first-order valence-corrected chi connectivity index (χ1v) is 8.87. The molecular formula is C20H14F2N2O3S. The number of amides is 1. The molecule has 3 rings (SSSR count). The van der Waals surface area contributed by atoms with Crippen molar-refractivity contribution < 1.29 is 23.0 Å². The van der Waals surface area contributed by atoms with Gasteiger partial charge in [-0.05, 0) is 42.3 Å². The maximum absolute atomic E-state index is 14.1. The van der Waals surface area contributed by atoms with Crippen molar-refractivity contribution in [3.63, 3.8) is 0 Å². The molecule has 0 aliphatic carbocycles. The van der Waals surface area contributed by atoms with Crippen LogP contribution in [0.4, 0.5) is 8.78 Å². The van der Waals surface area contributed by atoms with Crippen LogP contribution in [0.1, 0.15) is 26.6 Å². The van der Waals surface area contributed by atoms with E-state index < -0.39 is 23.1 Å². The van der Waals surface area contributed by atoms with Crippen LogP contribution < -0.4 is 15.2 Å². The van der Waals surface area contributed by atoms with Crippen molar-refractivity contribution in [2.24, 2.45) is 5.73 Å². The molecule has 1 heterocycles. The van der Waals surface area contributed by atoms with Crippen molar-refractivity contribution >= 4 is 17.2 Å². The van der Waals surface area contributed by atoms with Crippen molar-refractivity contribution in [1.82, 2.24) is 4.98 Å². The van der Waals surface area contributed by atoms with E-state index in [1.165, 1.54) is 11.3 Å². The summed E-state index contributed by atoms with van der Waals surface area (Å²) >= 11 is 1.28. The second-order valence-electron chi connectivity index (χ2n) is 5.49. The summed E-state index contributed by atoms with van der Waals surface area (Å²) in [4.78, 5) is 15.4. The predicted molar refractivity (Wildman–Crippen MR) is 100 cm³/mol. The van der Waals surface area contributed by atoms with Gasteiger partial charge in [-0.3, -0.25) is 4.79 Å². The van der Waals surface area contributed by atoms with Gasteiger partial charge >= 0.3 is 0 Å². The van der Waals surface area contributed by atoms with Gasteiger partial charge in [0, 0.05) is 10.9 Å². The number of aromatic nitrogens is 1. The van der Waals surface area contributed by atoms with Gasteiger partial charge in [-0.1, -0.05) is 5.92 Å². The maximum atomic E-state index is 14.1. The molecule has 0 radical (unpaired) electrons. The van der Waals surface area contributed by atoms with Gasteiger partial charge in [0.1, 0.15) is 34.4 Å². The van der Waals surface area contributed by atoms with Crippen LogP contribution in [0.25, 0.3) is 0 Å². The lowest BCUT2D eigenvalue weighted by atomic mass is 10.2. The number of carbonyl (C=O) groups is 1. The quantitative estimate of drug-likeness (QED) is 0.665. The summed E-state index contributed by atoms with van der Waals surface area (Å²) in [5, 5.41) is 2.29. The SMILES string of the molecule is COc1ccc(C#Cc2csc(COc3ccc(F)c(C(N)=O)c3F)n2)cc1. The van der Waals surface area contributed by atoms with Crippen molar-refractivity contribution in [3.05, 3.63) is 75.2 Å². The average molecular weight is 400 g/mol. The number of carbonyl (C=O) groups excluding carboxylic acids is 1. The summed E-state index contributed by atoms with van der Waals surface area (Å²) < 4.78 is 38.0. The van der Waals surface area contributed by atoms with E-state index in [1.807, 2.05) is 24.3 Å². The molecule has 0 aliphatic rings. The second kappa shape index (κ2) is 8.50. The number of rotatable bonds is 5. The summed E-state index contributed by atoms with van der Waals surface area (Å²) in [5.41, 5.74) is 5.50. The van der Waals surface area contributed by atoms with Gasteiger partial charge in [0.15, 0.2) is 11.6 Å². The highest BCUT2D eigenvalue weighted by Crippen LogP contribution is 2.24. The highest BCUT2D eigenvalue weighted by molar-refractivity contribution is 7.09. The molecule has 2 aromatic carbocycles. The van der Waals surface area contributed by atoms with E-state index in [4.69, 9.17) is 15.2 Å². The Morgan fingerprint density at radius 1 is 1.18 bits per heavy atom. The van der Waals surface area contributed by atoms with Gasteiger partial charge in [-0.25, -0.2) is 13.8 Å². The van der Waals surface area contributed by atoms with Gasteiger partial charge in [0.05, 0.1) is 7.11 Å². The molecule has 1 aromatic heterocycles. The third-order valence-corrected chi connectivity index (χ3v) is 4.45. The molecule has 2 N–H and O–H groups in total. The van der Waals surface area contributed by atoms with E-state index in [-0.39, 0.29) is 12.4 Å². The van der Waals surface area contributed by atoms with Crippen LogP contribution in [0.15, 0.2) is 41.8 Å². The van der Waals surface area contributed by atoms with Crippen LogP contribution >= 0.6 is 11.3 Å². The third kappa shape index (κ3) is 4.45. The molecule has 1 amide bonds. The Kier molecular flexibility index (Phi) is 5.87. The molecule has 3 aromatic rings. The Bertz CT molecular complexity index is 1070. The van der Waals surface area contributed by atoms with Gasteiger partial charge in [-0.15, -0.1) is 11.3 Å². The monoisotopic (exact) mass is 400 g/mol. The van der Waals surface area contributed by atoms with E-state index in [9.17, 15) is 13.6 Å². The fourth-order valence-corrected chi connectivity index (χ4v) is 2.89. The first-order chi connectivity index (χ1) is 13.5. The summed E-state index contributed by atoms with van der Waals surface area (Å²) in [6.45, 7) is -0.0599. The minimum atomic E-state index is -1.20. The molecular weight excluding hydrogens is 386 g/mol. The second-order valence-corrected chi connectivity index (χ2v) is 6.44.